The Balaban J connectivity index is 0.974. The van der Waals surface area contributed by atoms with E-state index in [4.69, 9.17) is 16.3 Å². The second-order valence-corrected chi connectivity index (χ2v) is 13.4. The van der Waals surface area contributed by atoms with Crippen LogP contribution in [0, 0.1) is 11.8 Å². The number of rotatable bonds is 14. The molecule has 0 bridgehead atoms. The number of alkyl halides is 2. The first kappa shape index (κ1) is 33.8. The van der Waals surface area contributed by atoms with Crippen LogP contribution in [-0.4, -0.2) is 120 Å². The third-order valence-corrected chi connectivity index (χ3v) is 9.81. The average Bonchev–Trinajstić information content (AvgIpc) is 3.33. The molecule has 4 aliphatic rings. The number of halogens is 2. The van der Waals surface area contributed by atoms with Gasteiger partial charge in [-0.05, 0) is 63.2 Å². The van der Waals surface area contributed by atoms with Crippen LogP contribution in [0.25, 0.3) is 0 Å². The molecule has 2 amide bonds. The number of carbonyl (C=O) groups excluding carboxylic acids is 2. The third-order valence-electron chi connectivity index (χ3n) is 9.50. The van der Waals surface area contributed by atoms with Crippen molar-refractivity contribution in [3.63, 3.8) is 0 Å². The zero-order valence-corrected chi connectivity index (χ0v) is 25.8. The molecule has 0 radical (unpaired) electrons. The van der Waals surface area contributed by atoms with Gasteiger partial charge in [-0.3, -0.25) is 25.1 Å². The molecule has 12 heteroatoms. The molecule has 0 aromatic carbocycles. The lowest BCUT2D eigenvalue weighted by molar-refractivity contribution is -0.130. The number of nitrogens with zero attached hydrogens (tertiary/aromatic N) is 2. The van der Waals surface area contributed by atoms with Crippen molar-refractivity contribution in [3.8, 4) is 0 Å². The van der Waals surface area contributed by atoms with Crippen molar-refractivity contribution in [3.05, 3.63) is 0 Å². The van der Waals surface area contributed by atoms with Crippen molar-refractivity contribution in [2.24, 2.45) is 11.8 Å². The summed E-state index contributed by atoms with van der Waals surface area (Å²) in [5.41, 5.74) is 0. The molecular formula is C30H53ClFN5O5. The quantitative estimate of drug-likeness (QED) is 0.147. The molecule has 242 valence electrons. The molecule has 3 aliphatic heterocycles. The minimum atomic E-state index is -1.01. The molecule has 0 aromatic heterocycles. The van der Waals surface area contributed by atoms with Crippen LogP contribution >= 0.6 is 11.6 Å². The van der Waals surface area contributed by atoms with E-state index >= 15 is 0 Å². The van der Waals surface area contributed by atoms with Crippen LogP contribution in [0.2, 0.25) is 0 Å². The molecular weight excluding hydrogens is 565 g/mol. The van der Waals surface area contributed by atoms with E-state index in [1.165, 1.54) is 17.7 Å². The zero-order chi connectivity index (χ0) is 29.9. The van der Waals surface area contributed by atoms with Crippen LogP contribution in [0.3, 0.4) is 0 Å². The van der Waals surface area contributed by atoms with Crippen molar-refractivity contribution in [1.29, 1.82) is 0 Å². The second kappa shape index (κ2) is 17.4. The molecule has 3 unspecified atom stereocenters. The van der Waals surface area contributed by atoms with Crippen molar-refractivity contribution in [2.45, 2.75) is 113 Å². The summed E-state index contributed by atoms with van der Waals surface area (Å²) in [6.07, 6.45) is 6.69. The van der Waals surface area contributed by atoms with Gasteiger partial charge >= 0.3 is 0 Å². The molecule has 42 heavy (non-hydrogen) atoms. The predicted octanol–water partition coefficient (Wildman–Crippen LogP) is 1.72. The topological polar surface area (TPSA) is 126 Å². The van der Waals surface area contributed by atoms with Gasteiger partial charge in [0.2, 0.25) is 11.8 Å². The number of aliphatic hydroxyl groups excluding tert-OH is 2. The number of likely N-dealkylation sites (tertiary alicyclic amines) is 2. The van der Waals surface area contributed by atoms with Crippen LogP contribution in [0.1, 0.15) is 77.0 Å². The van der Waals surface area contributed by atoms with E-state index in [-0.39, 0.29) is 55.0 Å². The number of carbonyl (C=O) groups is 2. The molecule has 10 nitrogen and oxygen atoms in total. The number of piperidine rings is 1. The Morgan fingerprint density at radius 1 is 0.976 bits per heavy atom. The first-order valence-corrected chi connectivity index (χ1v) is 16.7. The lowest BCUT2D eigenvalue weighted by atomic mass is 9.83. The van der Waals surface area contributed by atoms with Crippen LogP contribution < -0.4 is 16.0 Å². The van der Waals surface area contributed by atoms with Crippen molar-refractivity contribution >= 4 is 23.4 Å². The summed E-state index contributed by atoms with van der Waals surface area (Å²) in [5.74, 6) is 0.306. The maximum atomic E-state index is 14.9. The normalized spacial score (nSPS) is 33.1. The summed E-state index contributed by atoms with van der Waals surface area (Å²) >= 11 is 6.15. The average molecular weight is 618 g/mol. The maximum Gasteiger partial charge on any atom is 0.222 e. The first-order valence-electron chi connectivity index (χ1n) is 16.3. The summed E-state index contributed by atoms with van der Waals surface area (Å²) in [6.45, 7) is 5.44. The molecule has 5 N–H and O–H groups in total. The van der Waals surface area contributed by atoms with Gasteiger partial charge in [0.15, 0.2) is 0 Å². The third kappa shape index (κ3) is 10.8. The number of aliphatic hydroxyl groups is 2. The molecule has 5 atom stereocenters. The Bertz CT molecular complexity index is 820. The number of amides is 2. The Labute approximate surface area is 255 Å². The number of unbranched alkanes of at least 4 members (excludes halogenated alkanes) is 2. The van der Waals surface area contributed by atoms with E-state index < -0.39 is 18.4 Å². The lowest BCUT2D eigenvalue weighted by Gasteiger charge is -2.41. The molecule has 0 spiro atoms. The number of ether oxygens (including phenoxy) is 1. The van der Waals surface area contributed by atoms with E-state index in [1.54, 1.807) is 0 Å². The number of nitrogens with one attached hydrogen (secondary N) is 3. The van der Waals surface area contributed by atoms with Gasteiger partial charge in [-0.25, -0.2) is 4.39 Å². The van der Waals surface area contributed by atoms with Gasteiger partial charge in [-0.15, -0.1) is 11.6 Å². The summed E-state index contributed by atoms with van der Waals surface area (Å²) in [6, 6.07) is 0. The Kier molecular flexibility index (Phi) is 14.0. The van der Waals surface area contributed by atoms with Gasteiger partial charge in [-0.2, -0.15) is 0 Å². The van der Waals surface area contributed by atoms with Gasteiger partial charge in [-0.1, -0.05) is 6.42 Å². The molecule has 3 heterocycles. The van der Waals surface area contributed by atoms with Crippen molar-refractivity contribution < 1.29 is 28.9 Å². The molecule has 4 rings (SSSR count). The largest absolute Gasteiger partial charge is 0.388 e. The molecule has 0 aromatic rings. The highest BCUT2D eigenvalue weighted by Crippen LogP contribution is 2.32. The first-order chi connectivity index (χ1) is 20.3. The fraction of sp³-hybridized carbons (Fsp3) is 0.933. The SMILES string of the molecule is O=C(CC1CCC(OCCCC2CCN(C3NCC(Cl)CN3)CC2)CC1F)NCCCCCC(=O)N1C[C@H](O)[C@@H](O)C1. The minimum absolute atomic E-state index is 0.0508. The van der Waals surface area contributed by atoms with Crippen molar-refractivity contribution in [2.75, 3.05) is 52.4 Å². The van der Waals surface area contributed by atoms with Crippen LogP contribution in [0.5, 0.6) is 0 Å². The highest BCUT2D eigenvalue weighted by atomic mass is 35.5. The summed E-state index contributed by atoms with van der Waals surface area (Å²) in [5, 5.41) is 29.1. The van der Waals surface area contributed by atoms with Crippen LogP contribution in [-0.2, 0) is 14.3 Å². The van der Waals surface area contributed by atoms with Gasteiger partial charge in [0.1, 0.15) is 12.5 Å². The van der Waals surface area contributed by atoms with Gasteiger partial charge in [0, 0.05) is 71.7 Å². The van der Waals surface area contributed by atoms with E-state index in [9.17, 15) is 24.2 Å². The van der Waals surface area contributed by atoms with E-state index in [2.05, 4.69) is 20.9 Å². The fourth-order valence-electron chi connectivity index (χ4n) is 6.77. The van der Waals surface area contributed by atoms with E-state index in [1.807, 2.05) is 0 Å². The molecule has 3 saturated heterocycles. The molecule has 1 saturated carbocycles. The lowest BCUT2D eigenvalue weighted by Crippen LogP contribution is -2.62. The maximum absolute atomic E-state index is 14.9. The van der Waals surface area contributed by atoms with Gasteiger partial charge in [0.25, 0.3) is 0 Å². The number of hydrogen-bond donors (Lipinski definition) is 5. The minimum Gasteiger partial charge on any atom is -0.388 e. The monoisotopic (exact) mass is 617 g/mol. The Morgan fingerprint density at radius 2 is 1.69 bits per heavy atom. The fourth-order valence-corrected chi connectivity index (χ4v) is 6.95. The smallest absolute Gasteiger partial charge is 0.222 e. The van der Waals surface area contributed by atoms with Gasteiger partial charge in [0.05, 0.1) is 23.7 Å². The summed E-state index contributed by atoms with van der Waals surface area (Å²) < 4.78 is 20.9. The van der Waals surface area contributed by atoms with Crippen molar-refractivity contribution in [1.82, 2.24) is 25.8 Å². The summed E-state index contributed by atoms with van der Waals surface area (Å²) in [7, 11) is 0. The van der Waals surface area contributed by atoms with E-state index in [0.717, 1.165) is 64.2 Å². The Morgan fingerprint density at radius 3 is 2.38 bits per heavy atom. The Hall–Kier alpha value is -1.08. The second-order valence-electron chi connectivity index (χ2n) is 12.8. The zero-order valence-electron chi connectivity index (χ0n) is 25.0. The van der Waals surface area contributed by atoms with E-state index in [0.29, 0.717) is 38.8 Å². The predicted molar refractivity (Wildman–Crippen MR) is 160 cm³/mol. The standard InChI is InChI=1S/C30H53ClFN5O5/c31-23-17-34-30(35-18-23)36-12-9-21(10-13-36)5-4-14-42-24-8-7-22(25(32)16-24)15-28(40)33-11-3-1-2-6-29(41)37-19-26(38)27(39)20-37/h21-27,30,34-35,38-39H,1-20H2,(H,33,40)/t22?,23?,24?,25?,26-,27-,30?/m0/s1. The number of β-amino-alcohol motifs (C(OH)–C–C–N with tert-alkyl or cyclic N) is 2. The molecule has 4 fully saturated rings. The van der Waals surface area contributed by atoms with Gasteiger partial charge < -0.3 is 25.2 Å². The highest BCUT2D eigenvalue weighted by Gasteiger charge is 2.33. The highest BCUT2D eigenvalue weighted by molar-refractivity contribution is 6.21. The van der Waals surface area contributed by atoms with Crippen LogP contribution in [0.15, 0.2) is 0 Å². The number of hydrogen-bond acceptors (Lipinski definition) is 8. The van der Waals surface area contributed by atoms with Crippen LogP contribution in [0.4, 0.5) is 4.39 Å². The molecule has 1 aliphatic carbocycles. The summed E-state index contributed by atoms with van der Waals surface area (Å²) in [4.78, 5) is 28.5.